The predicted molar refractivity (Wildman–Crippen MR) is 86.6 cm³/mol. The molecule has 0 aliphatic rings. The zero-order valence-corrected chi connectivity index (χ0v) is 15.3. The van der Waals surface area contributed by atoms with Gasteiger partial charge in [-0.3, -0.25) is 4.79 Å². The molecule has 0 spiro atoms. The van der Waals surface area contributed by atoms with Gasteiger partial charge in [0.05, 0.1) is 11.4 Å². The number of benzene rings is 1. The van der Waals surface area contributed by atoms with Gasteiger partial charge in [-0.25, -0.2) is 8.42 Å². The Morgan fingerprint density at radius 2 is 1.90 bits per heavy atom. The normalized spacial score (nSPS) is 12.5. The van der Waals surface area contributed by atoms with Gasteiger partial charge < -0.3 is 5.32 Å². The highest BCUT2D eigenvalue weighted by atomic mass is 79.9. The second-order valence-electron chi connectivity index (χ2n) is 5.99. The van der Waals surface area contributed by atoms with Crippen molar-refractivity contribution in [2.45, 2.75) is 38.1 Å². The van der Waals surface area contributed by atoms with Crippen LogP contribution in [0.2, 0.25) is 0 Å². The lowest BCUT2D eigenvalue weighted by Crippen LogP contribution is -2.46. The minimum Gasteiger partial charge on any atom is -0.350 e. The molecular formula is C14H21BrN2O3S. The van der Waals surface area contributed by atoms with Crippen molar-refractivity contribution in [3.05, 3.63) is 28.2 Å². The van der Waals surface area contributed by atoms with E-state index in [0.29, 0.717) is 4.47 Å². The molecule has 118 valence electrons. The number of halogens is 1. The largest absolute Gasteiger partial charge is 0.350 e. The second-order valence-corrected chi connectivity index (χ2v) is 8.86. The Labute approximate surface area is 134 Å². The first-order valence-electron chi connectivity index (χ1n) is 6.47. The van der Waals surface area contributed by atoms with Gasteiger partial charge in [0.15, 0.2) is 0 Å². The highest BCUT2D eigenvalue weighted by molar-refractivity contribution is 9.10. The van der Waals surface area contributed by atoms with E-state index < -0.39 is 15.6 Å². The summed E-state index contributed by atoms with van der Waals surface area (Å²) in [6, 6.07) is 4.99. The van der Waals surface area contributed by atoms with Crippen LogP contribution in [0.15, 0.2) is 27.6 Å². The second kappa shape index (κ2) is 6.46. The number of aryl methyl sites for hydroxylation is 1. The van der Waals surface area contributed by atoms with Gasteiger partial charge >= 0.3 is 0 Å². The van der Waals surface area contributed by atoms with Gasteiger partial charge in [0, 0.05) is 17.1 Å². The SMILES string of the molecule is Cc1ccc(S(=O)(=O)N(C)CC(=O)NC(C)(C)C)c(Br)c1. The van der Waals surface area contributed by atoms with Crippen LogP contribution in [0.4, 0.5) is 0 Å². The molecule has 0 aromatic heterocycles. The summed E-state index contributed by atoms with van der Waals surface area (Å²) in [5.74, 6) is -0.336. The fourth-order valence-corrected chi connectivity index (χ4v) is 4.00. The van der Waals surface area contributed by atoms with E-state index in [-0.39, 0.29) is 17.3 Å². The molecular weight excluding hydrogens is 356 g/mol. The summed E-state index contributed by atoms with van der Waals surface area (Å²) in [7, 11) is -2.32. The first-order valence-corrected chi connectivity index (χ1v) is 8.70. The monoisotopic (exact) mass is 376 g/mol. The lowest BCUT2D eigenvalue weighted by atomic mass is 10.1. The molecule has 0 aliphatic carbocycles. The molecule has 21 heavy (non-hydrogen) atoms. The first kappa shape index (κ1) is 18.1. The number of rotatable bonds is 4. The third-order valence-corrected chi connectivity index (χ3v) is 5.44. The zero-order valence-electron chi connectivity index (χ0n) is 12.9. The minimum atomic E-state index is -3.71. The number of sulfonamides is 1. The van der Waals surface area contributed by atoms with Crippen LogP contribution in [0, 0.1) is 6.92 Å². The van der Waals surface area contributed by atoms with Crippen molar-refractivity contribution in [2.75, 3.05) is 13.6 Å². The molecule has 1 rings (SSSR count). The van der Waals surface area contributed by atoms with Crippen molar-refractivity contribution in [1.29, 1.82) is 0 Å². The summed E-state index contributed by atoms with van der Waals surface area (Å²) in [5.41, 5.74) is 0.556. The topological polar surface area (TPSA) is 66.5 Å². The van der Waals surface area contributed by atoms with Crippen LogP contribution in [0.25, 0.3) is 0 Å². The number of likely N-dealkylation sites (N-methyl/N-ethyl adjacent to an activating group) is 1. The maximum absolute atomic E-state index is 12.5. The summed E-state index contributed by atoms with van der Waals surface area (Å²) in [6.07, 6.45) is 0. The fraction of sp³-hybridized carbons (Fsp3) is 0.500. The summed E-state index contributed by atoms with van der Waals surface area (Å²) in [6.45, 7) is 7.18. The summed E-state index contributed by atoms with van der Waals surface area (Å²) in [4.78, 5) is 12.0. The smallest absolute Gasteiger partial charge is 0.244 e. The van der Waals surface area contributed by atoms with Gasteiger partial charge in [-0.2, -0.15) is 4.31 Å². The van der Waals surface area contributed by atoms with Crippen LogP contribution in [-0.2, 0) is 14.8 Å². The van der Waals surface area contributed by atoms with Crippen LogP contribution in [0.3, 0.4) is 0 Å². The molecule has 5 nitrogen and oxygen atoms in total. The molecule has 0 atom stereocenters. The quantitative estimate of drug-likeness (QED) is 0.876. The van der Waals surface area contributed by atoms with Crippen molar-refractivity contribution in [3.8, 4) is 0 Å². The Hall–Kier alpha value is -0.920. The Kier molecular flexibility index (Phi) is 5.57. The van der Waals surface area contributed by atoms with Crippen molar-refractivity contribution < 1.29 is 13.2 Å². The third kappa shape index (κ3) is 5.09. The molecule has 0 fully saturated rings. The van der Waals surface area contributed by atoms with E-state index in [4.69, 9.17) is 0 Å². The minimum absolute atomic E-state index is 0.152. The number of nitrogens with one attached hydrogen (secondary N) is 1. The van der Waals surface area contributed by atoms with Gasteiger partial charge in [0.25, 0.3) is 0 Å². The molecule has 0 unspecified atom stereocenters. The molecule has 0 saturated carbocycles. The predicted octanol–water partition coefficient (Wildman–Crippen LogP) is 2.29. The number of amides is 1. The van der Waals surface area contributed by atoms with Gasteiger partial charge in [-0.1, -0.05) is 6.07 Å². The summed E-state index contributed by atoms with van der Waals surface area (Å²) >= 11 is 3.26. The fourth-order valence-electron chi connectivity index (χ4n) is 1.73. The van der Waals surface area contributed by atoms with Crippen LogP contribution >= 0.6 is 15.9 Å². The lowest BCUT2D eigenvalue weighted by Gasteiger charge is -2.23. The van der Waals surface area contributed by atoms with E-state index in [2.05, 4.69) is 21.2 Å². The molecule has 0 heterocycles. The van der Waals surface area contributed by atoms with Crippen LogP contribution in [0.1, 0.15) is 26.3 Å². The van der Waals surface area contributed by atoms with E-state index in [9.17, 15) is 13.2 Å². The van der Waals surface area contributed by atoms with Crippen LogP contribution in [-0.4, -0.2) is 37.8 Å². The summed E-state index contributed by atoms with van der Waals surface area (Å²) in [5, 5.41) is 2.74. The van der Waals surface area contributed by atoms with E-state index in [1.807, 2.05) is 27.7 Å². The first-order chi connectivity index (χ1) is 9.43. The van der Waals surface area contributed by atoms with Gasteiger partial charge in [-0.05, 0) is 61.3 Å². The van der Waals surface area contributed by atoms with Crippen molar-refractivity contribution >= 4 is 31.9 Å². The van der Waals surface area contributed by atoms with Crippen molar-refractivity contribution in [2.24, 2.45) is 0 Å². The molecule has 0 aliphatic heterocycles. The Morgan fingerprint density at radius 3 is 2.38 bits per heavy atom. The van der Waals surface area contributed by atoms with E-state index >= 15 is 0 Å². The summed E-state index contributed by atoms with van der Waals surface area (Å²) < 4.78 is 26.5. The van der Waals surface area contributed by atoms with Crippen LogP contribution in [0.5, 0.6) is 0 Å². The lowest BCUT2D eigenvalue weighted by molar-refractivity contribution is -0.122. The van der Waals surface area contributed by atoms with Gasteiger partial charge in [0.1, 0.15) is 0 Å². The molecule has 0 bridgehead atoms. The van der Waals surface area contributed by atoms with E-state index in [0.717, 1.165) is 9.87 Å². The highest BCUT2D eigenvalue weighted by Gasteiger charge is 2.26. The number of hydrogen-bond donors (Lipinski definition) is 1. The maximum Gasteiger partial charge on any atom is 0.244 e. The van der Waals surface area contributed by atoms with E-state index in [1.54, 1.807) is 12.1 Å². The van der Waals surface area contributed by atoms with Crippen molar-refractivity contribution in [3.63, 3.8) is 0 Å². The molecule has 1 aromatic carbocycles. The standard InChI is InChI=1S/C14H21BrN2O3S/c1-10-6-7-12(11(15)8-10)21(19,20)17(5)9-13(18)16-14(2,3)4/h6-8H,9H2,1-5H3,(H,16,18). The number of nitrogens with zero attached hydrogens (tertiary/aromatic N) is 1. The average molecular weight is 377 g/mol. The number of carbonyl (C=O) groups excluding carboxylic acids is 1. The van der Waals surface area contributed by atoms with Crippen LogP contribution < -0.4 is 5.32 Å². The highest BCUT2D eigenvalue weighted by Crippen LogP contribution is 2.25. The average Bonchev–Trinajstić information content (AvgIpc) is 2.25. The molecule has 7 heteroatoms. The zero-order chi connectivity index (χ0) is 16.4. The molecule has 1 aromatic rings. The van der Waals surface area contributed by atoms with Gasteiger partial charge in [-0.15, -0.1) is 0 Å². The maximum atomic E-state index is 12.5. The molecule has 1 amide bonds. The number of carbonyl (C=O) groups is 1. The Morgan fingerprint density at radius 1 is 1.33 bits per heavy atom. The molecule has 0 radical (unpaired) electrons. The Bertz CT molecular complexity index is 636. The van der Waals surface area contributed by atoms with Crippen molar-refractivity contribution in [1.82, 2.24) is 9.62 Å². The third-order valence-electron chi connectivity index (χ3n) is 2.66. The number of hydrogen-bond acceptors (Lipinski definition) is 3. The van der Waals surface area contributed by atoms with Gasteiger partial charge in [0.2, 0.25) is 15.9 Å². The van der Waals surface area contributed by atoms with E-state index in [1.165, 1.54) is 13.1 Å². The molecule has 1 N–H and O–H groups in total. The molecule has 0 saturated heterocycles. The Balaban J connectivity index is 2.95.